The number of aliphatic hydroxyl groups excluding tert-OH is 1. The molecular formula is C18H17NO2Pt. The first kappa shape index (κ1) is 18.1. The van der Waals surface area contributed by atoms with E-state index in [0.717, 1.165) is 10.9 Å². The van der Waals surface area contributed by atoms with Gasteiger partial charge in [0.2, 0.25) is 0 Å². The first-order valence-electron chi connectivity index (χ1n) is 6.62. The van der Waals surface area contributed by atoms with Gasteiger partial charge < -0.3 is 10.1 Å². The van der Waals surface area contributed by atoms with Gasteiger partial charge in [-0.05, 0) is 23.9 Å². The van der Waals surface area contributed by atoms with Crippen LogP contribution in [0.2, 0.25) is 0 Å². The fourth-order valence-corrected chi connectivity index (χ4v) is 2.04. The minimum Gasteiger partial charge on any atom is -0.512 e. The number of carbonyl (C=O) groups excluding carboxylic acids is 1. The smallest absolute Gasteiger partial charge is 0.316 e. The van der Waals surface area contributed by atoms with Crippen molar-refractivity contribution in [3.63, 3.8) is 0 Å². The standard InChI is InChI=1S/C13H8N.C5H8O2.Pt/c1-2-6-12-10(4-1)7-8-11-5-3-9-14-13(11)12;1-4(6)3-5(2)7;/h1-5,7-9H;3,6H,1-2H3;/q-1;;/p+1/b;4-3-;. The van der Waals surface area contributed by atoms with E-state index >= 15 is 0 Å². The molecule has 0 aliphatic heterocycles. The molecule has 0 fully saturated rings. The zero-order valence-electron chi connectivity index (χ0n) is 12.4. The minimum atomic E-state index is 0. The van der Waals surface area contributed by atoms with Crippen molar-refractivity contribution in [2.75, 3.05) is 0 Å². The van der Waals surface area contributed by atoms with Gasteiger partial charge in [0.25, 0.3) is 0 Å². The van der Waals surface area contributed by atoms with Crippen molar-refractivity contribution in [2.24, 2.45) is 0 Å². The Bertz CT molecular complexity index is 753. The van der Waals surface area contributed by atoms with Crippen LogP contribution in [0.1, 0.15) is 13.8 Å². The van der Waals surface area contributed by atoms with Gasteiger partial charge in [0.15, 0.2) is 0 Å². The summed E-state index contributed by atoms with van der Waals surface area (Å²) in [5.41, 5.74) is 1.03. The molecule has 22 heavy (non-hydrogen) atoms. The average molecular weight is 474 g/mol. The van der Waals surface area contributed by atoms with Crippen molar-refractivity contribution in [1.82, 2.24) is 4.98 Å². The maximum Gasteiger partial charge on any atom is 0.316 e. The van der Waals surface area contributed by atoms with Crippen LogP contribution in [0.5, 0.6) is 0 Å². The summed E-state index contributed by atoms with van der Waals surface area (Å²) in [5.74, 6) is 0.250. The van der Waals surface area contributed by atoms with E-state index in [4.69, 9.17) is 9.90 Å². The maximum atomic E-state index is 8.40. The molecule has 3 rings (SSSR count). The molecule has 3 nitrogen and oxygen atoms in total. The summed E-state index contributed by atoms with van der Waals surface area (Å²) >= 11 is 0. The number of aliphatic hydroxyl groups is 1. The number of rotatable bonds is 1. The number of aromatic nitrogens is 1. The molecular weight excluding hydrogens is 457 g/mol. The Balaban J connectivity index is 0.000000264. The molecule has 0 unspecified atom stereocenters. The quantitative estimate of drug-likeness (QED) is 0.189. The number of benzene rings is 2. The van der Waals surface area contributed by atoms with Gasteiger partial charge >= 0.3 is 5.78 Å². The first-order chi connectivity index (χ1) is 10.1. The predicted octanol–water partition coefficient (Wildman–Crippen LogP) is 4.20. The molecule has 2 N–H and O–H groups in total. The summed E-state index contributed by atoms with van der Waals surface area (Å²) in [6.45, 7) is 3.00. The van der Waals surface area contributed by atoms with Gasteiger partial charge in [0.1, 0.15) is 0 Å². The fourth-order valence-electron chi connectivity index (χ4n) is 2.04. The van der Waals surface area contributed by atoms with Crippen LogP contribution in [0.3, 0.4) is 0 Å². The molecule has 4 heteroatoms. The van der Waals surface area contributed by atoms with Gasteiger partial charge in [-0.3, -0.25) is 4.79 Å². The van der Waals surface area contributed by atoms with Crippen LogP contribution in [-0.2, 0) is 21.1 Å². The molecule has 0 aliphatic rings. The average Bonchev–Trinajstić information content (AvgIpc) is 2.46. The summed E-state index contributed by atoms with van der Waals surface area (Å²) in [6.07, 6.45) is 3.10. The molecule has 0 saturated heterocycles. The third kappa shape index (κ3) is 4.78. The van der Waals surface area contributed by atoms with Gasteiger partial charge in [-0.2, -0.15) is 0 Å². The van der Waals surface area contributed by atoms with Crippen LogP contribution >= 0.6 is 0 Å². The summed E-state index contributed by atoms with van der Waals surface area (Å²) in [4.78, 5) is 12.8. The van der Waals surface area contributed by atoms with Crippen LogP contribution in [0.15, 0.2) is 60.5 Å². The van der Waals surface area contributed by atoms with E-state index < -0.39 is 0 Å². The normalized spacial score (nSPS) is 10.5. The number of ketones is 1. The van der Waals surface area contributed by atoms with E-state index in [0.29, 0.717) is 0 Å². The topological polar surface area (TPSA) is 54.5 Å². The van der Waals surface area contributed by atoms with Gasteiger partial charge in [0.05, 0.1) is 18.8 Å². The van der Waals surface area contributed by atoms with E-state index in [9.17, 15) is 0 Å². The second kappa shape index (κ2) is 8.45. The van der Waals surface area contributed by atoms with Crippen LogP contribution in [-0.4, -0.2) is 20.7 Å². The van der Waals surface area contributed by atoms with Crippen molar-refractivity contribution in [3.8, 4) is 0 Å². The number of nitrogens with zero attached hydrogens (tertiary/aromatic N) is 1. The third-order valence-electron chi connectivity index (χ3n) is 2.82. The van der Waals surface area contributed by atoms with Crippen LogP contribution in [0, 0.1) is 6.07 Å². The Morgan fingerprint density at radius 3 is 2.45 bits per heavy atom. The molecule has 0 atom stereocenters. The van der Waals surface area contributed by atoms with Crippen molar-refractivity contribution in [1.29, 1.82) is 0 Å². The van der Waals surface area contributed by atoms with Gasteiger partial charge in [-0.1, -0.05) is 18.2 Å². The zero-order chi connectivity index (χ0) is 15.2. The third-order valence-corrected chi connectivity index (χ3v) is 2.82. The molecule has 116 valence electrons. The summed E-state index contributed by atoms with van der Waals surface area (Å²) in [6, 6.07) is 17.5. The predicted molar refractivity (Wildman–Crippen MR) is 87.1 cm³/mol. The SMILES string of the molecule is CC(=[OH+])/C=C(/C)O.[Pt].[c-]1cccc2ccc3cccnc3c12. The number of allylic oxidation sites excluding steroid dienone is 2. The van der Waals surface area contributed by atoms with Gasteiger partial charge in [-0.15, -0.1) is 35.0 Å². The number of fused-ring (bicyclic) bond motifs is 3. The van der Waals surface area contributed by atoms with E-state index in [1.54, 1.807) is 0 Å². The van der Waals surface area contributed by atoms with Gasteiger partial charge in [0, 0.05) is 27.3 Å². The minimum absolute atomic E-state index is 0. The van der Waals surface area contributed by atoms with Crippen molar-refractivity contribution in [3.05, 3.63) is 66.6 Å². The number of hydrogen-bond donors (Lipinski definition) is 1. The molecule has 0 spiro atoms. The molecule has 0 aliphatic carbocycles. The molecule has 2 aromatic carbocycles. The Morgan fingerprint density at radius 1 is 1.14 bits per heavy atom. The fraction of sp³-hybridized carbons (Fsp3) is 0.111. The van der Waals surface area contributed by atoms with Crippen LogP contribution in [0.25, 0.3) is 21.7 Å². The largest absolute Gasteiger partial charge is 0.512 e. The maximum absolute atomic E-state index is 8.40. The van der Waals surface area contributed by atoms with E-state index in [1.807, 2.05) is 24.4 Å². The molecule has 3 aromatic rings. The van der Waals surface area contributed by atoms with E-state index in [2.05, 4.69) is 35.3 Å². The summed E-state index contributed by atoms with van der Waals surface area (Å²) in [7, 11) is 0. The van der Waals surface area contributed by atoms with Gasteiger partial charge in [-0.25, -0.2) is 0 Å². The Labute approximate surface area is 143 Å². The Hall–Kier alpha value is -1.99. The first-order valence-corrected chi connectivity index (χ1v) is 6.62. The molecule has 1 aromatic heterocycles. The second-order valence-corrected chi connectivity index (χ2v) is 4.70. The number of hydrogen-bond acceptors (Lipinski definition) is 2. The van der Waals surface area contributed by atoms with E-state index in [1.165, 1.54) is 30.7 Å². The molecule has 1 heterocycles. The molecule has 0 saturated carbocycles. The molecule has 0 radical (unpaired) electrons. The summed E-state index contributed by atoms with van der Waals surface area (Å²) in [5, 5.41) is 11.9. The van der Waals surface area contributed by atoms with Crippen LogP contribution in [0.4, 0.5) is 0 Å². The molecule has 0 amide bonds. The van der Waals surface area contributed by atoms with Crippen LogP contribution < -0.4 is 0 Å². The Morgan fingerprint density at radius 2 is 1.82 bits per heavy atom. The van der Waals surface area contributed by atoms with Crippen molar-refractivity contribution < 1.29 is 31.0 Å². The Kier molecular flexibility index (Phi) is 6.94. The number of pyridine rings is 1. The van der Waals surface area contributed by atoms with Crippen molar-refractivity contribution in [2.45, 2.75) is 13.8 Å². The molecule has 0 bridgehead atoms. The van der Waals surface area contributed by atoms with E-state index in [-0.39, 0.29) is 32.6 Å². The second-order valence-electron chi connectivity index (χ2n) is 4.70. The van der Waals surface area contributed by atoms with Crippen molar-refractivity contribution >= 4 is 27.5 Å². The zero-order valence-corrected chi connectivity index (χ0v) is 14.6. The summed E-state index contributed by atoms with van der Waals surface area (Å²) < 4.78 is 0. The monoisotopic (exact) mass is 474 g/mol.